The van der Waals surface area contributed by atoms with Crippen molar-refractivity contribution in [1.82, 2.24) is 10.6 Å². The molecule has 1 aliphatic rings. The van der Waals surface area contributed by atoms with Crippen molar-refractivity contribution in [2.75, 3.05) is 0 Å². The first-order valence-corrected chi connectivity index (χ1v) is 8.46. The van der Waals surface area contributed by atoms with Gasteiger partial charge in [0.25, 0.3) is 0 Å². The van der Waals surface area contributed by atoms with Crippen molar-refractivity contribution >= 4 is 5.91 Å². The highest BCUT2D eigenvalue weighted by atomic mass is 19.1. The molecule has 2 aromatic carbocycles. The molecule has 1 heterocycles. The lowest BCUT2D eigenvalue weighted by atomic mass is 10.00. The van der Waals surface area contributed by atoms with E-state index in [4.69, 9.17) is 0 Å². The number of hydrogen-bond donors (Lipinski definition) is 2. The molecule has 1 aliphatic heterocycles. The van der Waals surface area contributed by atoms with E-state index in [2.05, 4.69) is 28.8 Å². The second-order valence-corrected chi connectivity index (χ2v) is 6.46. The van der Waals surface area contributed by atoms with E-state index < -0.39 is 0 Å². The van der Waals surface area contributed by atoms with Crippen LogP contribution in [0, 0.1) is 11.7 Å². The minimum Gasteiger partial charge on any atom is -0.352 e. The van der Waals surface area contributed by atoms with Gasteiger partial charge in [-0.3, -0.25) is 4.79 Å². The molecular formula is C20H23FN2O. The molecule has 0 radical (unpaired) electrons. The highest BCUT2D eigenvalue weighted by Gasteiger charge is 2.14. The van der Waals surface area contributed by atoms with Crippen molar-refractivity contribution < 1.29 is 9.18 Å². The normalized spacial score (nSPS) is 14.2. The number of carbonyl (C=O) groups excluding carboxylic acids is 1. The van der Waals surface area contributed by atoms with Crippen LogP contribution in [0.15, 0.2) is 42.5 Å². The lowest BCUT2D eigenvalue weighted by Gasteiger charge is -2.13. The van der Waals surface area contributed by atoms with Crippen LogP contribution in [0.2, 0.25) is 0 Å². The molecule has 0 aliphatic carbocycles. The Balaban J connectivity index is 1.48. The summed E-state index contributed by atoms with van der Waals surface area (Å²) in [6, 6.07) is 13.1. The smallest absolute Gasteiger partial charge is 0.223 e. The second-order valence-electron chi connectivity index (χ2n) is 6.46. The van der Waals surface area contributed by atoms with Gasteiger partial charge in [-0.1, -0.05) is 43.3 Å². The van der Waals surface area contributed by atoms with Gasteiger partial charge in [-0.15, -0.1) is 0 Å². The number of carbonyl (C=O) groups is 1. The van der Waals surface area contributed by atoms with Crippen LogP contribution in [0.25, 0.3) is 0 Å². The van der Waals surface area contributed by atoms with Crippen LogP contribution in [-0.2, 0) is 30.8 Å². The first-order valence-electron chi connectivity index (χ1n) is 8.46. The van der Waals surface area contributed by atoms with E-state index in [1.54, 1.807) is 12.1 Å². The highest BCUT2D eigenvalue weighted by molar-refractivity contribution is 5.78. The first kappa shape index (κ1) is 16.7. The number of halogens is 1. The third-order valence-electron chi connectivity index (χ3n) is 4.62. The molecule has 3 nitrogen and oxygen atoms in total. The van der Waals surface area contributed by atoms with Crippen molar-refractivity contribution in [3.8, 4) is 0 Å². The Morgan fingerprint density at radius 3 is 2.83 bits per heavy atom. The van der Waals surface area contributed by atoms with Gasteiger partial charge in [0.05, 0.1) is 0 Å². The van der Waals surface area contributed by atoms with E-state index in [-0.39, 0.29) is 17.6 Å². The Morgan fingerprint density at radius 2 is 2.00 bits per heavy atom. The van der Waals surface area contributed by atoms with Crippen molar-refractivity contribution in [3.63, 3.8) is 0 Å². The molecule has 0 spiro atoms. The summed E-state index contributed by atoms with van der Waals surface area (Å²) >= 11 is 0. The van der Waals surface area contributed by atoms with Crippen LogP contribution in [0.3, 0.4) is 0 Å². The molecule has 0 saturated carbocycles. The molecule has 2 aromatic rings. The molecule has 2 N–H and O–H groups in total. The second kappa shape index (κ2) is 7.58. The molecule has 1 amide bonds. The number of rotatable bonds is 6. The average molecular weight is 326 g/mol. The summed E-state index contributed by atoms with van der Waals surface area (Å²) < 4.78 is 13.6. The molecular weight excluding hydrogens is 303 g/mol. The van der Waals surface area contributed by atoms with Crippen LogP contribution < -0.4 is 10.6 Å². The zero-order valence-corrected chi connectivity index (χ0v) is 13.9. The Morgan fingerprint density at radius 1 is 1.21 bits per heavy atom. The van der Waals surface area contributed by atoms with E-state index in [1.165, 1.54) is 17.2 Å². The summed E-state index contributed by atoms with van der Waals surface area (Å²) in [7, 11) is 0. The minimum absolute atomic E-state index is 0.0185. The van der Waals surface area contributed by atoms with Gasteiger partial charge < -0.3 is 10.6 Å². The monoisotopic (exact) mass is 326 g/mol. The maximum Gasteiger partial charge on any atom is 0.223 e. The molecule has 0 saturated heterocycles. The number of benzene rings is 2. The maximum absolute atomic E-state index is 13.6. The van der Waals surface area contributed by atoms with Gasteiger partial charge in [-0.25, -0.2) is 4.39 Å². The van der Waals surface area contributed by atoms with E-state index in [0.717, 1.165) is 18.7 Å². The molecule has 1 unspecified atom stereocenters. The summed E-state index contributed by atoms with van der Waals surface area (Å²) in [6.07, 6.45) is 1.21. The standard InChI is InChI=1S/C20H23FN2O/c1-14(6-8-16-4-2-3-5-19(16)21)20(24)23-11-15-7-9-17-12-22-13-18(17)10-15/h2-5,7,9-10,14,22H,6,8,11-13H2,1H3,(H,23,24). The molecule has 3 rings (SSSR count). The number of fused-ring (bicyclic) bond motifs is 1. The van der Waals surface area contributed by atoms with E-state index in [9.17, 15) is 9.18 Å². The fourth-order valence-electron chi connectivity index (χ4n) is 3.03. The Hall–Kier alpha value is -2.20. The van der Waals surface area contributed by atoms with Gasteiger partial charge in [0.1, 0.15) is 5.82 Å². The number of nitrogens with one attached hydrogen (secondary N) is 2. The Bertz CT molecular complexity index is 729. The Labute approximate surface area is 142 Å². The van der Waals surface area contributed by atoms with Crippen molar-refractivity contribution in [2.24, 2.45) is 5.92 Å². The van der Waals surface area contributed by atoms with Gasteiger partial charge in [0.2, 0.25) is 5.91 Å². The molecule has 0 fully saturated rings. The molecule has 0 bridgehead atoms. The SMILES string of the molecule is CC(CCc1ccccc1F)C(=O)NCc1ccc2c(c1)CNC2. The fraction of sp³-hybridized carbons (Fsp3) is 0.350. The van der Waals surface area contributed by atoms with Crippen LogP contribution in [0.1, 0.15) is 35.6 Å². The third-order valence-corrected chi connectivity index (χ3v) is 4.62. The molecule has 0 aromatic heterocycles. The average Bonchev–Trinajstić information content (AvgIpc) is 3.06. The van der Waals surface area contributed by atoms with Gasteiger partial charge in [0, 0.05) is 25.6 Å². The minimum atomic E-state index is -0.197. The van der Waals surface area contributed by atoms with Crippen LogP contribution in [0.4, 0.5) is 4.39 Å². The summed E-state index contributed by atoms with van der Waals surface area (Å²) in [5, 5.41) is 6.30. The molecule has 4 heteroatoms. The van der Waals surface area contributed by atoms with Gasteiger partial charge in [-0.2, -0.15) is 0 Å². The topological polar surface area (TPSA) is 41.1 Å². The summed E-state index contributed by atoms with van der Waals surface area (Å²) in [5.41, 5.74) is 4.44. The largest absolute Gasteiger partial charge is 0.352 e. The van der Waals surface area contributed by atoms with Crippen molar-refractivity contribution in [2.45, 2.75) is 39.4 Å². The zero-order valence-electron chi connectivity index (χ0n) is 13.9. The lowest BCUT2D eigenvalue weighted by Crippen LogP contribution is -2.29. The van der Waals surface area contributed by atoms with Gasteiger partial charge in [-0.05, 0) is 41.2 Å². The number of amides is 1. The number of aryl methyl sites for hydroxylation is 1. The molecule has 24 heavy (non-hydrogen) atoms. The molecule has 126 valence electrons. The van der Waals surface area contributed by atoms with Crippen LogP contribution in [-0.4, -0.2) is 5.91 Å². The predicted octanol–water partition coefficient (Wildman–Crippen LogP) is 3.31. The summed E-state index contributed by atoms with van der Waals surface area (Å²) in [6.45, 7) is 4.25. The van der Waals surface area contributed by atoms with E-state index in [0.29, 0.717) is 24.9 Å². The van der Waals surface area contributed by atoms with Gasteiger partial charge in [0.15, 0.2) is 0 Å². The lowest BCUT2D eigenvalue weighted by molar-refractivity contribution is -0.124. The quantitative estimate of drug-likeness (QED) is 0.855. The fourth-order valence-corrected chi connectivity index (χ4v) is 3.03. The van der Waals surface area contributed by atoms with E-state index >= 15 is 0 Å². The predicted molar refractivity (Wildman–Crippen MR) is 92.7 cm³/mol. The maximum atomic E-state index is 13.6. The van der Waals surface area contributed by atoms with Crippen molar-refractivity contribution in [1.29, 1.82) is 0 Å². The summed E-state index contributed by atoms with van der Waals surface area (Å²) in [5.74, 6) is -0.317. The summed E-state index contributed by atoms with van der Waals surface area (Å²) in [4.78, 5) is 12.2. The number of hydrogen-bond acceptors (Lipinski definition) is 2. The van der Waals surface area contributed by atoms with Gasteiger partial charge >= 0.3 is 0 Å². The van der Waals surface area contributed by atoms with Crippen molar-refractivity contribution in [3.05, 3.63) is 70.5 Å². The Kier molecular flexibility index (Phi) is 5.26. The van der Waals surface area contributed by atoms with Crippen LogP contribution >= 0.6 is 0 Å². The van der Waals surface area contributed by atoms with E-state index in [1.807, 2.05) is 13.0 Å². The zero-order chi connectivity index (χ0) is 16.9. The first-order chi connectivity index (χ1) is 11.6. The van der Waals surface area contributed by atoms with Crippen LogP contribution in [0.5, 0.6) is 0 Å². The highest BCUT2D eigenvalue weighted by Crippen LogP contribution is 2.17. The third kappa shape index (κ3) is 4.01. The molecule has 1 atom stereocenters.